The van der Waals surface area contributed by atoms with Gasteiger partial charge in [0.15, 0.2) is 0 Å². The van der Waals surface area contributed by atoms with Crippen molar-refractivity contribution in [3.8, 4) is 0 Å². The second-order valence-electron chi connectivity index (χ2n) is 4.53. The molecule has 6 nitrogen and oxygen atoms in total. The van der Waals surface area contributed by atoms with Gasteiger partial charge in [-0.05, 0) is 19.1 Å². The summed E-state index contributed by atoms with van der Waals surface area (Å²) in [6, 6.07) is 6.77. The molecule has 2 amide bonds. The molecule has 7 heteroatoms. The molecule has 0 saturated heterocycles. The maximum atomic E-state index is 11.9. The smallest absolute Gasteiger partial charge is 0.271 e. The molecule has 1 aromatic carbocycles. The zero-order chi connectivity index (χ0) is 15.9. The second-order valence-corrected chi connectivity index (χ2v) is 4.94. The topological polar surface area (TPSA) is 84.0 Å². The Morgan fingerprint density at radius 1 is 1.05 bits per heavy atom. The molecule has 0 saturated carbocycles. The predicted octanol–water partition coefficient (Wildman–Crippen LogP) is 1.60. The third-order valence-electron chi connectivity index (χ3n) is 2.83. The van der Waals surface area contributed by atoms with Crippen LogP contribution < -0.4 is 10.6 Å². The van der Waals surface area contributed by atoms with Crippen molar-refractivity contribution in [2.45, 2.75) is 6.92 Å². The molecule has 2 N–H and O–H groups in total. The van der Waals surface area contributed by atoms with Gasteiger partial charge in [0, 0.05) is 19.3 Å². The van der Waals surface area contributed by atoms with Crippen LogP contribution in [0.4, 0.5) is 0 Å². The van der Waals surface area contributed by atoms with Gasteiger partial charge >= 0.3 is 0 Å². The number of nitrogens with zero attached hydrogens (tertiary/aromatic N) is 2. The first-order chi connectivity index (χ1) is 10.6. The quantitative estimate of drug-likeness (QED) is 0.820. The van der Waals surface area contributed by atoms with Gasteiger partial charge in [0.2, 0.25) is 0 Å². The number of rotatable bonds is 5. The van der Waals surface area contributed by atoms with Crippen molar-refractivity contribution >= 4 is 23.4 Å². The zero-order valence-electron chi connectivity index (χ0n) is 12.0. The van der Waals surface area contributed by atoms with Gasteiger partial charge in [-0.1, -0.05) is 23.7 Å². The van der Waals surface area contributed by atoms with Crippen LogP contribution in [0.2, 0.25) is 5.02 Å². The van der Waals surface area contributed by atoms with Crippen LogP contribution in [0.1, 0.15) is 26.5 Å². The van der Waals surface area contributed by atoms with Crippen molar-refractivity contribution in [3.05, 3.63) is 58.6 Å². The number of hydrogen-bond donors (Lipinski definition) is 2. The molecule has 0 radical (unpaired) electrons. The second kappa shape index (κ2) is 7.51. The summed E-state index contributed by atoms with van der Waals surface area (Å²) >= 11 is 5.93. The maximum absolute atomic E-state index is 11.9. The molecule has 2 rings (SSSR count). The zero-order valence-corrected chi connectivity index (χ0v) is 12.7. The van der Waals surface area contributed by atoms with Crippen LogP contribution in [0.25, 0.3) is 0 Å². The van der Waals surface area contributed by atoms with E-state index in [1.54, 1.807) is 31.2 Å². The highest BCUT2D eigenvalue weighted by molar-refractivity contribution is 6.33. The highest BCUT2D eigenvalue weighted by atomic mass is 35.5. The SMILES string of the molecule is Cc1cnc(C(=O)NCCNC(=O)c2ccccc2Cl)cn1. The minimum Gasteiger partial charge on any atom is -0.350 e. The molecule has 0 spiro atoms. The Bertz CT molecular complexity index is 673. The lowest BCUT2D eigenvalue weighted by molar-refractivity contribution is 0.0925. The minimum atomic E-state index is -0.334. The average molecular weight is 319 g/mol. The van der Waals surface area contributed by atoms with Gasteiger partial charge in [-0.3, -0.25) is 14.6 Å². The molecule has 0 aliphatic heterocycles. The first kappa shape index (κ1) is 15.9. The largest absolute Gasteiger partial charge is 0.350 e. The highest BCUT2D eigenvalue weighted by Gasteiger charge is 2.09. The molecule has 1 aromatic heterocycles. The Kier molecular flexibility index (Phi) is 5.43. The van der Waals surface area contributed by atoms with Crippen molar-refractivity contribution in [1.29, 1.82) is 0 Å². The third kappa shape index (κ3) is 4.26. The molecule has 0 unspecified atom stereocenters. The van der Waals surface area contributed by atoms with Crippen molar-refractivity contribution in [1.82, 2.24) is 20.6 Å². The fourth-order valence-electron chi connectivity index (χ4n) is 1.69. The number of carbonyl (C=O) groups excluding carboxylic acids is 2. The van der Waals surface area contributed by atoms with Crippen LogP contribution >= 0.6 is 11.6 Å². The lowest BCUT2D eigenvalue weighted by Crippen LogP contribution is -2.35. The molecular formula is C15H15ClN4O2. The molecule has 1 heterocycles. The predicted molar refractivity (Wildman–Crippen MR) is 82.9 cm³/mol. The van der Waals surface area contributed by atoms with Crippen LogP contribution in [0.3, 0.4) is 0 Å². The van der Waals surface area contributed by atoms with E-state index in [1.807, 2.05) is 0 Å². The number of aryl methyl sites for hydroxylation is 1. The number of benzene rings is 1. The van der Waals surface area contributed by atoms with E-state index in [9.17, 15) is 9.59 Å². The summed E-state index contributed by atoms with van der Waals surface area (Å²) in [7, 11) is 0. The number of halogens is 1. The molecule has 2 aromatic rings. The summed E-state index contributed by atoms with van der Waals surface area (Å²) in [5, 5.41) is 5.72. The Hall–Kier alpha value is -2.47. The minimum absolute atomic E-state index is 0.239. The summed E-state index contributed by atoms with van der Waals surface area (Å²) in [6.45, 7) is 2.36. The lowest BCUT2D eigenvalue weighted by Gasteiger charge is -2.07. The van der Waals surface area contributed by atoms with E-state index in [1.165, 1.54) is 12.4 Å². The van der Waals surface area contributed by atoms with Crippen molar-refractivity contribution < 1.29 is 9.59 Å². The monoisotopic (exact) mass is 318 g/mol. The van der Waals surface area contributed by atoms with Crippen LogP contribution in [-0.2, 0) is 0 Å². The Morgan fingerprint density at radius 3 is 2.36 bits per heavy atom. The fraction of sp³-hybridized carbons (Fsp3) is 0.200. The summed E-state index contributed by atoms with van der Waals surface area (Å²) in [6.07, 6.45) is 2.93. The van der Waals surface area contributed by atoms with Gasteiger partial charge in [-0.15, -0.1) is 0 Å². The van der Waals surface area contributed by atoms with E-state index in [2.05, 4.69) is 20.6 Å². The van der Waals surface area contributed by atoms with Gasteiger partial charge < -0.3 is 10.6 Å². The molecular weight excluding hydrogens is 304 g/mol. The van der Waals surface area contributed by atoms with Crippen molar-refractivity contribution in [2.75, 3.05) is 13.1 Å². The Balaban J connectivity index is 1.77. The molecule has 0 atom stereocenters. The molecule has 0 bridgehead atoms. The van der Waals surface area contributed by atoms with Crippen LogP contribution in [0, 0.1) is 6.92 Å². The summed E-state index contributed by atoms with van der Waals surface area (Å²) < 4.78 is 0. The number of hydrogen-bond acceptors (Lipinski definition) is 4. The first-order valence-corrected chi connectivity index (χ1v) is 7.05. The highest BCUT2D eigenvalue weighted by Crippen LogP contribution is 2.14. The number of carbonyl (C=O) groups is 2. The van der Waals surface area contributed by atoms with E-state index in [-0.39, 0.29) is 30.6 Å². The van der Waals surface area contributed by atoms with E-state index < -0.39 is 0 Å². The lowest BCUT2D eigenvalue weighted by atomic mass is 10.2. The normalized spacial score (nSPS) is 10.1. The molecule has 22 heavy (non-hydrogen) atoms. The Labute approximate surface area is 132 Å². The molecule has 0 aliphatic rings. The van der Waals surface area contributed by atoms with Crippen LogP contribution in [-0.4, -0.2) is 34.9 Å². The van der Waals surface area contributed by atoms with Gasteiger partial charge in [-0.25, -0.2) is 4.98 Å². The van der Waals surface area contributed by atoms with E-state index in [0.717, 1.165) is 5.69 Å². The van der Waals surface area contributed by atoms with Gasteiger partial charge in [-0.2, -0.15) is 0 Å². The van der Waals surface area contributed by atoms with E-state index in [4.69, 9.17) is 11.6 Å². The van der Waals surface area contributed by atoms with Crippen LogP contribution in [0.5, 0.6) is 0 Å². The van der Waals surface area contributed by atoms with Crippen molar-refractivity contribution in [3.63, 3.8) is 0 Å². The molecule has 114 valence electrons. The van der Waals surface area contributed by atoms with Gasteiger partial charge in [0.1, 0.15) is 5.69 Å². The number of aromatic nitrogens is 2. The summed E-state index contributed by atoms with van der Waals surface area (Å²) in [4.78, 5) is 31.6. The summed E-state index contributed by atoms with van der Waals surface area (Å²) in [5.41, 5.74) is 1.38. The van der Waals surface area contributed by atoms with Gasteiger partial charge in [0.05, 0.1) is 22.5 Å². The Morgan fingerprint density at radius 2 is 1.73 bits per heavy atom. The average Bonchev–Trinajstić information content (AvgIpc) is 2.52. The standard InChI is InChI=1S/C15H15ClN4O2/c1-10-8-20-13(9-19-10)15(22)18-7-6-17-14(21)11-4-2-3-5-12(11)16/h2-5,8-9H,6-7H2,1H3,(H,17,21)(H,18,22). The summed E-state index contributed by atoms with van der Waals surface area (Å²) in [5.74, 6) is -0.616. The van der Waals surface area contributed by atoms with Gasteiger partial charge in [0.25, 0.3) is 11.8 Å². The number of nitrogens with one attached hydrogen (secondary N) is 2. The molecule has 0 aliphatic carbocycles. The third-order valence-corrected chi connectivity index (χ3v) is 3.16. The maximum Gasteiger partial charge on any atom is 0.271 e. The number of amides is 2. The van der Waals surface area contributed by atoms with E-state index >= 15 is 0 Å². The molecule has 0 fully saturated rings. The fourth-order valence-corrected chi connectivity index (χ4v) is 1.91. The first-order valence-electron chi connectivity index (χ1n) is 6.67. The van der Waals surface area contributed by atoms with Crippen LogP contribution in [0.15, 0.2) is 36.7 Å². The van der Waals surface area contributed by atoms with E-state index in [0.29, 0.717) is 10.6 Å². The van der Waals surface area contributed by atoms with Crippen molar-refractivity contribution in [2.24, 2.45) is 0 Å².